The van der Waals surface area contributed by atoms with Gasteiger partial charge in [0.1, 0.15) is 29.0 Å². The molecule has 3 rings (SSSR count). The highest BCUT2D eigenvalue weighted by Crippen LogP contribution is 2.31. The molecular weight excluding hydrogens is 393 g/mol. The van der Waals surface area contributed by atoms with E-state index in [0.29, 0.717) is 0 Å². The number of benzene rings is 2. The molecule has 0 amide bonds. The fourth-order valence-electron chi connectivity index (χ4n) is 2.09. The Bertz CT molecular complexity index is 1100. The Balaban J connectivity index is 1.90. The number of rotatable bonds is 6. The lowest BCUT2D eigenvalue weighted by molar-refractivity contribution is -0.384. The van der Waals surface area contributed by atoms with E-state index in [4.69, 9.17) is 21.6 Å². The molecule has 0 aliphatic carbocycles. The standard InChI is InChI=1S/C16H9ClFN7O3/c17-14-6-12(1-2-15(14)18)28-13-4-10(3-11(5-13)25(26)27)20-8-9(7-19)16-21-23-24-22-16/h1-6,8,20H,(H,21,22,23,24). The van der Waals surface area contributed by atoms with Crippen LogP contribution in [0.2, 0.25) is 5.02 Å². The van der Waals surface area contributed by atoms with E-state index in [9.17, 15) is 14.5 Å². The van der Waals surface area contributed by atoms with E-state index < -0.39 is 10.7 Å². The summed E-state index contributed by atoms with van der Waals surface area (Å²) in [4.78, 5) is 10.6. The Kier molecular flexibility index (Phi) is 5.43. The van der Waals surface area contributed by atoms with Crippen molar-refractivity contribution in [2.75, 3.05) is 5.32 Å². The minimum absolute atomic E-state index is 0.0491. The van der Waals surface area contributed by atoms with Gasteiger partial charge in [-0.3, -0.25) is 10.1 Å². The molecule has 28 heavy (non-hydrogen) atoms. The van der Waals surface area contributed by atoms with Crippen LogP contribution < -0.4 is 10.1 Å². The quantitative estimate of drug-likeness (QED) is 0.361. The van der Waals surface area contributed by atoms with Crippen molar-refractivity contribution in [3.05, 3.63) is 69.4 Å². The first-order chi connectivity index (χ1) is 13.5. The smallest absolute Gasteiger partial charge is 0.275 e. The number of nitrogens with zero attached hydrogens (tertiary/aromatic N) is 5. The molecule has 0 fully saturated rings. The van der Waals surface area contributed by atoms with Gasteiger partial charge in [0, 0.05) is 30.1 Å². The van der Waals surface area contributed by atoms with E-state index in [1.54, 1.807) is 0 Å². The SMILES string of the molecule is N#CC(=CNc1cc(Oc2ccc(F)c(Cl)c2)cc([N+](=O)[O-])c1)c1nn[nH]n1. The monoisotopic (exact) mass is 401 g/mol. The number of aromatic amines is 1. The number of nitriles is 1. The van der Waals surface area contributed by atoms with E-state index in [1.165, 1.54) is 36.5 Å². The third-order valence-corrected chi connectivity index (χ3v) is 3.61. The maximum atomic E-state index is 13.3. The molecule has 0 atom stereocenters. The average Bonchev–Trinajstić information content (AvgIpc) is 3.20. The second-order valence-electron chi connectivity index (χ2n) is 5.20. The number of anilines is 1. The number of ether oxygens (including phenoxy) is 1. The molecular formula is C16H9ClFN7O3. The summed E-state index contributed by atoms with van der Waals surface area (Å²) >= 11 is 5.71. The van der Waals surface area contributed by atoms with Crippen LogP contribution in [0.25, 0.3) is 5.57 Å². The first-order valence-electron chi connectivity index (χ1n) is 7.49. The van der Waals surface area contributed by atoms with Crippen molar-refractivity contribution < 1.29 is 14.1 Å². The topological polar surface area (TPSA) is 143 Å². The first-order valence-corrected chi connectivity index (χ1v) is 7.87. The highest BCUT2D eigenvalue weighted by Gasteiger charge is 2.13. The summed E-state index contributed by atoms with van der Waals surface area (Å²) < 4.78 is 18.8. The molecule has 3 aromatic rings. The normalized spacial score (nSPS) is 11.0. The molecule has 0 aliphatic heterocycles. The van der Waals surface area contributed by atoms with Crippen molar-refractivity contribution in [1.82, 2.24) is 20.6 Å². The number of hydrogen-bond donors (Lipinski definition) is 2. The molecule has 2 N–H and O–H groups in total. The van der Waals surface area contributed by atoms with Crippen LogP contribution in [-0.2, 0) is 0 Å². The molecule has 0 saturated carbocycles. The number of tetrazole rings is 1. The summed E-state index contributed by atoms with van der Waals surface area (Å²) in [7, 11) is 0. The molecule has 12 heteroatoms. The maximum absolute atomic E-state index is 13.3. The lowest BCUT2D eigenvalue weighted by atomic mass is 10.2. The van der Waals surface area contributed by atoms with Crippen molar-refractivity contribution in [3.63, 3.8) is 0 Å². The molecule has 0 spiro atoms. The number of non-ortho nitro benzene ring substituents is 1. The maximum Gasteiger partial charge on any atom is 0.275 e. The van der Waals surface area contributed by atoms with Crippen molar-refractivity contribution >= 4 is 28.5 Å². The number of halogens is 2. The largest absolute Gasteiger partial charge is 0.457 e. The second kappa shape index (κ2) is 8.11. The van der Waals surface area contributed by atoms with Gasteiger partial charge in [0.2, 0.25) is 5.82 Å². The van der Waals surface area contributed by atoms with Gasteiger partial charge in [-0.2, -0.15) is 10.5 Å². The Morgan fingerprint density at radius 1 is 1.36 bits per heavy atom. The van der Waals surface area contributed by atoms with E-state index in [1.807, 2.05) is 6.07 Å². The zero-order chi connectivity index (χ0) is 20.1. The predicted octanol–water partition coefficient (Wildman–Crippen LogP) is 3.67. The third-order valence-electron chi connectivity index (χ3n) is 3.32. The van der Waals surface area contributed by atoms with Gasteiger partial charge in [-0.1, -0.05) is 11.6 Å². The zero-order valence-corrected chi connectivity index (χ0v) is 14.5. The van der Waals surface area contributed by atoms with Crippen LogP contribution in [0.3, 0.4) is 0 Å². The number of nitro benzene ring substituents is 1. The van der Waals surface area contributed by atoms with Gasteiger partial charge >= 0.3 is 0 Å². The number of hydrogen-bond acceptors (Lipinski definition) is 8. The highest BCUT2D eigenvalue weighted by atomic mass is 35.5. The van der Waals surface area contributed by atoms with Crippen LogP contribution in [-0.4, -0.2) is 25.5 Å². The van der Waals surface area contributed by atoms with E-state index in [0.717, 1.165) is 6.07 Å². The molecule has 0 bridgehead atoms. The van der Waals surface area contributed by atoms with Gasteiger partial charge in [0.25, 0.3) is 5.69 Å². The third kappa shape index (κ3) is 4.37. The lowest BCUT2D eigenvalue weighted by Crippen LogP contribution is -1.96. The van der Waals surface area contributed by atoms with Gasteiger partial charge in [0.05, 0.1) is 16.0 Å². The summed E-state index contributed by atoms with van der Waals surface area (Å²) in [5.74, 6) is -0.271. The van der Waals surface area contributed by atoms with Crippen LogP contribution >= 0.6 is 11.6 Å². The van der Waals surface area contributed by atoms with Gasteiger partial charge in [-0.25, -0.2) is 4.39 Å². The number of allylic oxidation sites excluding steroid dienone is 1. The van der Waals surface area contributed by atoms with E-state index in [-0.39, 0.29) is 39.3 Å². The van der Waals surface area contributed by atoms with Gasteiger partial charge < -0.3 is 10.1 Å². The molecule has 2 aromatic carbocycles. The number of nitrogens with one attached hydrogen (secondary N) is 2. The Morgan fingerprint density at radius 3 is 2.82 bits per heavy atom. The fourth-order valence-corrected chi connectivity index (χ4v) is 2.26. The van der Waals surface area contributed by atoms with Crippen molar-refractivity contribution in [2.24, 2.45) is 0 Å². The molecule has 10 nitrogen and oxygen atoms in total. The van der Waals surface area contributed by atoms with Crippen LogP contribution in [0, 0.1) is 27.3 Å². The highest BCUT2D eigenvalue weighted by molar-refractivity contribution is 6.30. The molecule has 1 heterocycles. The van der Waals surface area contributed by atoms with Gasteiger partial charge in [0.15, 0.2) is 0 Å². The predicted molar refractivity (Wildman–Crippen MR) is 96.0 cm³/mol. The number of nitro groups is 1. The molecule has 0 radical (unpaired) electrons. The van der Waals surface area contributed by atoms with Crippen LogP contribution in [0.15, 0.2) is 42.6 Å². The van der Waals surface area contributed by atoms with Crippen LogP contribution in [0.5, 0.6) is 11.5 Å². The van der Waals surface area contributed by atoms with E-state index >= 15 is 0 Å². The Labute approximate surface area is 161 Å². The van der Waals surface area contributed by atoms with Crippen molar-refractivity contribution in [2.45, 2.75) is 0 Å². The Morgan fingerprint density at radius 2 is 2.18 bits per heavy atom. The molecule has 0 saturated heterocycles. The van der Waals surface area contributed by atoms with Crippen molar-refractivity contribution in [1.29, 1.82) is 5.26 Å². The summed E-state index contributed by atoms with van der Waals surface area (Å²) in [5.41, 5.74) is 0.0429. The minimum atomic E-state index is -0.619. The van der Waals surface area contributed by atoms with Gasteiger partial charge in [-0.05, 0) is 17.3 Å². The molecule has 1 aromatic heterocycles. The average molecular weight is 402 g/mol. The summed E-state index contributed by atoms with van der Waals surface area (Å²) in [5, 5.41) is 35.9. The Hall–Kier alpha value is -4.04. The van der Waals surface area contributed by atoms with Crippen molar-refractivity contribution in [3.8, 4) is 17.6 Å². The number of H-pyrrole nitrogens is 1. The van der Waals surface area contributed by atoms with Gasteiger partial charge in [-0.15, -0.1) is 10.2 Å². The fraction of sp³-hybridized carbons (Fsp3) is 0. The lowest BCUT2D eigenvalue weighted by Gasteiger charge is -2.09. The summed E-state index contributed by atoms with van der Waals surface area (Å²) in [6, 6.07) is 9.45. The zero-order valence-electron chi connectivity index (χ0n) is 13.8. The number of aromatic nitrogens is 4. The molecule has 0 unspecified atom stereocenters. The van der Waals surface area contributed by atoms with Crippen LogP contribution in [0.1, 0.15) is 5.82 Å². The first kappa shape index (κ1) is 18.7. The minimum Gasteiger partial charge on any atom is -0.457 e. The van der Waals surface area contributed by atoms with Crippen LogP contribution in [0.4, 0.5) is 15.8 Å². The second-order valence-corrected chi connectivity index (χ2v) is 5.61. The molecule has 140 valence electrons. The van der Waals surface area contributed by atoms with E-state index in [2.05, 4.69) is 25.9 Å². The summed E-state index contributed by atoms with van der Waals surface area (Å²) in [6.07, 6.45) is 1.27. The molecule has 0 aliphatic rings. The summed E-state index contributed by atoms with van der Waals surface area (Å²) in [6.45, 7) is 0.